The van der Waals surface area contributed by atoms with Gasteiger partial charge in [0.05, 0.1) is 0 Å². The highest BCUT2D eigenvalue weighted by atomic mass is 19.1. The summed E-state index contributed by atoms with van der Waals surface area (Å²) in [6, 6.07) is 14.9. The molecule has 2 N–H and O–H groups in total. The number of fused-ring (bicyclic) bond motifs is 1. The van der Waals surface area contributed by atoms with Gasteiger partial charge in [0, 0.05) is 12.7 Å². The Morgan fingerprint density at radius 3 is 2.13 bits per heavy atom. The highest BCUT2D eigenvalue weighted by molar-refractivity contribution is 5.95. The number of benzene rings is 2. The number of hydrogen-bond acceptors (Lipinski definition) is 4. The number of pyridine rings is 1. The molecule has 0 radical (unpaired) electrons. The van der Waals surface area contributed by atoms with Crippen LogP contribution in [0.1, 0.15) is 27.2 Å². The van der Waals surface area contributed by atoms with Crippen molar-refractivity contribution in [3.05, 3.63) is 111 Å². The Morgan fingerprint density at radius 2 is 1.48 bits per heavy atom. The molecule has 31 heavy (non-hydrogen) atoms. The predicted molar refractivity (Wildman–Crippen MR) is 110 cm³/mol. The number of halogens is 2. The highest BCUT2D eigenvalue weighted by Crippen LogP contribution is 2.15. The molecule has 2 aromatic heterocycles. The summed E-state index contributed by atoms with van der Waals surface area (Å²) in [5.41, 5.74) is 1.27. The molecule has 0 saturated heterocycles. The summed E-state index contributed by atoms with van der Waals surface area (Å²) in [4.78, 5) is 29.2. The van der Waals surface area contributed by atoms with E-state index < -0.39 is 28.7 Å². The van der Waals surface area contributed by atoms with Gasteiger partial charge in [-0.1, -0.05) is 30.3 Å². The van der Waals surface area contributed by atoms with E-state index >= 15 is 0 Å². The fourth-order valence-electron chi connectivity index (χ4n) is 3.14. The summed E-state index contributed by atoms with van der Waals surface area (Å²) in [6.45, 7) is 0.0796. The van der Waals surface area contributed by atoms with Crippen molar-refractivity contribution in [3.63, 3.8) is 0 Å². The van der Waals surface area contributed by atoms with Gasteiger partial charge in [0.15, 0.2) is 5.69 Å². The van der Waals surface area contributed by atoms with Crippen LogP contribution in [0.5, 0.6) is 5.75 Å². The Hall–Kier alpha value is -4.07. The van der Waals surface area contributed by atoms with E-state index in [-0.39, 0.29) is 18.0 Å². The summed E-state index contributed by atoms with van der Waals surface area (Å²) in [7, 11) is 0. The van der Waals surface area contributed by atoms with E-state index in [1.54, 1.807) is 24.3 Å². The molecular weight excluding hydrogens is 404 g/mol. The van der Waals surface area contributed by atoms with Crippen LogP contribution < -0.4 is 10.9 Å². The van der Waals surface area contributed by atoms with Gasteiger partial charge in [-0.2, -0.15) is 0 Å². The molecule has 2 aromatic carbocycles. The van der Waals surface area contributed by atoms with E-state index in [4.69, 9.17) is 0 Å². The molecule has 0 fully saturated rings. The van der Waals surface area contributed by atoms with E-state index in [1.807, 2.05) is 0 Å². The van der Waals surface area contributed by atoms with Gasteiger partial charge in [0.1, 0.15) is 17.3 Å². The second-order valence-electron chi connectivity index (χ2n) is 6.99. The third-order valence-corrected chi connectivity index (χ3v) is 4.76. The van der Waals surface area contributed by atoms with Crippen LogP contribution in [-0.2, 0) is 13.0 Å². The minimum Gasteiger partial charge on any atom is -0.501 e. The number of amides is 1. The third-order valence-electron chi connectivity index (χ3n) is 4.76. The van der Waals surface area contributed by atoms with Crippen LogP contribution in [0.25, 0.3) is 5.65 Å². The summed E-state index contributed by atoms with van der Waals surface area (Å²) >= 11 is 0. The first kappa shape index (κ1) is 20.2. The minimum atomic E-state index is -0.780. The number of aromatic hydroxyl groups is 1. The second kappa shape index (κ2) is 8.35. The van der Waals surface area contributed by atoms with Crippen LogP contribution >= 0.6 is 0 Å². The largest absolute Gasteiger partial charge is 0.501 e. The smallest absolute Gasteiger partial charge is 0.300 e. The van der Waals surface area contributed by atoms with Gasteiger partial charge >= 0.3 is 5.56 Å². The monoisotopic (exact) mass is 421 g/mol. The Kier molecular flexibility index (Phi) is 5.44. The Bertz CT molecular complexity index is 1320. The Morgan fingerprint density at radius 1 is 0.903 bits per heavy atom. The van der Waals surface area contributed by atoms with E-state index in [9.17, 15) is 23.5 Å². The van der Waals surface area contributed by atoms with Crippen molar-refractivity contribution in [1.29, 1.82) is 0 Å². The first-order valence-electron chi connectivity index (χ1n) is 9.42. The molecule has 0 spiro atoms. The number of carbonyl (C=O) groups excluding carboxylic acids is 1. The lowest BCUT2D eigenvalue weighted by atomic mass is 10.1. The lowest BCUT2D eigenvalue weighted by Gasteiger charge is -2.09. The van der Waals surface area contributed by atoms with Gasteiger partial charge < -0.3 is 10.4 Å². The van der Waals surface area contributed by atoms with Crippen LogP contribution in [0.15, 0.2) is 71.7 Å². The maximum Gasteiger partial charge on any atom is 0.300 e. The molecule has 2 heterocycles. The standard InChI is InChI=1S/C23H17F2N3O3/c24-17-6-1-14(2-7-17)11-16-5-10-19-27-20(21(29)23(31)28(19)13-16)22(30)26-12-15-3-8-18(25)9-4-15/h1-10,13,29H,11-12H2,(H,26,30). The average Bonchev–Trinajstić information content (AvgIpc) is 2.77. The summed E-state index contributed by atoms with van der Waals surface area (Å²) in [5.74, 6) is -2.22. The van der Waals surface area contributed by atoms with Gasteiger partial charge in [0.25, 0.3) is 5.91 Å². The molecule has 8 heteroatoms. The van der Waals surface area contributed by atoms with Gasteiger partial charge in [-0.05, 0) is 53.4 Å². The van der Waals surface area contributed by atoms with E-state index in [0.29, 0.717) is 12.0 Å². The molecule has 6 nitrogen and oxygen atoms in total. The molecule has 0 bridgehead atoms. The molecular formula is C23H17F2N3O3. The minimum absolute atomic E-state index is 0.0796. The molecule has 1 amide bonds. The van der Waals surface area contributed by atoms with Crippen molar-refractivity contribution in [2.24, 2.45) is 0 Å². The first-order valence-corrected chi connectivity index (χ1v) is 9.42. The van der Waals surface area contributed by atoms with Crippen molar-refractivity contribution >= 4 is 11.6 Å². The van der Waals surface area contributed by atoms with E-state index in [1.165, 1.54) is 42.6 Å². The molecule has 4 aromatic rings. The number of aromatic nitrogens is 2. The summed E-state index contributed by atoms with van der Waals surface area (Å²) in [6.07, 6.45) is 1.97. The molecule has 0 unspecified atom stereocenters. The first-order chi connectivity index (χ1) is 14.9. The number of nitrogens with zero attached hydrogens (tertiary/aromatic N) is 2. The van der Waals surface area contributed by atoms with Crippen molar-refractivity contribution in [3.8, 4) is 5.75 Å². The normalized spacial score (nSPS) is 10.9. The highest BCUT2D eigenvalue weighted by Gasteiger charge is 2.18. The Balaban J connectivity index is 1.58. The lowest BCUT2D eigenvalue weighted by Crippen LogP contribution is -2.27. The van der Waals surface area contributed by atoms with Crippen molar-refractivity contribution < 1.29 is 18.7 Å². The van der Waals surface area contributed by atoms with Crippen LogP contribution in [0.3, 0.4) is 0 Å². The van der Waals surface area contributed by atoms with E-state index in [0.717, 1.165) is 15.5 Å². The molecule has 4 rings (SSSR count). The maximum absolute atomic E-state index is 13.1. The average molecular weight is 421 g/mol. The van der Waals surface area contributed by atoms with Crippen LogP contribution in [-0.4, -0.2) is 20.4 Å². The Labute approximate surface area is 175 Å². The van der Waals surface area contributed by atoms with Crippen LogP contribution in [0.2, 0.25) is 0 Å². The quantitative estimate of drug-likeness (QED) is 0.518. The molecule has 0 aliphatic heterocycles. The van der Waals surface area contributed by atoms with E-state index in [2.05, 4.69) is 10.3 Å². The van der Waals surface area contributed by atoms with Crippen molar-refractivity contribution in [2.45, 2.75) is 13.0 Å². The summed E-state index contributed by atoms with van der Waals surface area (Å²) < 4.78 is 27.2. The number of nitrogens with one attached hydrogen (secondary N) is 1. The van der Waals surface area contributed by atoms with Gasteiger partial charge in [-0.15, -0.1) is 0 Å². The van der Waals surface area contributed by atoms with Gasteiger partial charge in [-0.25, -0.2) is 13.8 Å². The van der Waals surface area contributed by atoms with Crippen molar-refractivity contribution in [1.82, 2.24) is 14.7 Å². The second-order valence-corrected chi connectivity index (χ2v) is 6.99. The predicted octanol–water partition coefficient (Wildman–Crippen LogP) is 3.20. The molecule has 156 valence electrons. The molecule has 0 aliphatic rings. The lowest BCUT2D eigenvalue weighted by molar-refractivity contribution is 0.0942. The zero-order valence-corrected chi connectivity index (χ0v) is 16.2. The SMILES string of the molecule is O=C(NCc1ccc(F)cc1)c1nc2ccc(Cc3ccc(F)cc3)cn2c(=O)c1O. The van der Waals surface area contributed by atoms with Crippen LogP contribution in [0.4, 0.5) is 8.78 Å². The third kappa shape index (κ3) is 4.42. The zero-order valence-electron chi connectivity index (χ0n) is 16.2. The topological polar surface area (TPSA) is 83.7 Å². The summed E-state index contributed by atoms with van der Waals surface area (Å²) in [5, 5.41) is 12.8. The fourth-order valence-corrected chi connectivity index (χ4v) is 3.14. The van der Waals surface area contributed by atoms with Gasteiger partial charge in [-0.3, -0.25) is 14.0 Å². The number of hydrogen-bond donors (Lipinski definition) is 2. The molecule has 0 aliphatic carbocycles. The number of rotatable bonds is 5. The fraction of sp³-hybridized carbons (Fsp3) is 0.0870. The number of carbonyl (C=O) groups is 1. The van der Waals surface area contributed by atoms with Gasteiger partial charge in [0.2, 0.25) is 5.75 Å². The van der Waals surface area contributed by atoms with Crippen LogP contribution in [0, 0.1) is 11.6 Å². The molecule has 0 atom stereocenters. The zero-order chi connectivity index (χ0) is 22.0. The maximum atomic E-state index is 13.1. The molecule has 0 saturated carbocycles. The van der Waals surface area contributed by atoms with Crippen molar-refractivity contribution in [2.75, 3.05) is 0 Å².